The average Bonchev–Trinajstić information content (AvgIpc) is 2.37. The van der Waals surface area contributed by atoms with E-state index in [9.17, 15) is 0 Å². The average molecular weight is 251 g/mol. The van der Waals surface area contributed by atoms with Crippen molar-refractivity contribution in [1.29, 1.82) is 0 Å². The molecule has 1 aliphatic rings. The van der Waals surface area contributed by atoms with E-state index in [2.05, 4.69) is 17.4 Å². The van der Waals surface area contributed by atoms with Crippen LogP contribution in [0.2, 0.25) is 0 Å². The van der Waals surface area contributed by atoms with E-state index in [4.69, 9.17) is 14.2 Å². The fourth-order valence-electron chi connectivity index (χ4n) is 1.94. The van der Waals surface area contributed by atoms with E-state index >= 15 is 0 Å². The van der Waals surface area contributed by atoms with E-state index in [-0.39, 0.29) is 12.6 Å². The Morgan fingerprint density at radius 2 is 1.94 bits per heavy atom. The number of nitrogens with one attached hydrogen (secondary N) is 1. The van der Waals surface area contributed by atoms with Crippen LogP contribution in [0.15, 0.2) is 24.3 Å². The van der Waals surface area contributed by atoms with Gasteiger partial charge in [0.05, 0.1) is 7.11 Å². The van der Waals surface area contributed by atoms with Crippen LogP contribution in [0, 0.1) is 0 Å². The zero-order chi connectivity index (χ0) is 12.8. The topological polar surface area (TPSA) is 39.7 Å². The van der Waals surface area contributed by atoms with E-state index in [1.54, 1.807) is 7.11 Å². The predicted octanol–water partition coefficient (Wildman–Crippen LogP) is 2.28. The number of hydrogen-bond acceptors (Lipinski definition) is 4. The summed E-state index contributed by atoms with van der Waals surface area (Å²) in [5.41, 5.74) is 1.26. The lowest BCUT2D eigenvalue weighted by molar-refractivity contribution is -0.377. The Kier molecular flexibility index (Phi) is 4.99. The fraction of sp³-hybridized carbons (Fsp3) is 0.571. The highest BCUT2D eigenvalue weighted by molar-refractivity contribution is 5.26. The second-order valence-electron chi connectivity index (χ2n) is 4.44. The third-order valence-corrected chi connectivity index (χ3v) is 2.97. The minimum absolute atomic E-state index is 0.0118. The van der Waals surface area contributed by atoms with E-state index in [1.807, 2.05) is 19.1 Å². The number of benzene rings is 1. The van der Waals surface area contributed by atoms with Crippen LogP contribution in [0.4, 0.5) is 0 Å². The van der Waals surface area contributed by atoms with Crippen molar-refractivity contribution in [2.24, 2.45) is 0 Å². The zero-order valence-electron chi connectivity index (χ0n) is 11.0. The summed E-state index contributed by atoms with van der Waals surface area (Å²) in [5, 5.41) is 3.40. The maximum atomic E-state index is 5.37. The van der Waals surface area contributed by atoms with Crippen LogP contribution >= 0.6 is 0 Å². The fourth-order valence-corrected chi connectivity index (χ4v) is 1.94. The first-order valence-corrected chi connectivity index (χ1v) is 6.42. The Balaban J connectivity index is 1.54. The Bertz CT molecular complexity index is 347. The van der Waals surface area contributed by atoms with Gasteiger partial charge in [-0.1, -0.05) is 12.1 Å². The van der Waals surface area contributed by atoms with E-state index in [0.29, 0.717) is 0 Å². The van der Waals surface area contributed by atoms with Crippen LogP contribution in [-0.4, -0.2) is 26.2 Å². The van der Waals surface area contributed by atoms with Gasteiger partial charge in [0.15, 0.2) is 12.6 Å². The number of hydrogen-bond donors (Lipinski definition) is 1. The van der Waals surface area contributed by atoms with E-state index < -0.39 is 0 Å². The highest BCUT2D eigenvalue weighted by Gasteiger charge is 2.25. The van der Waals surface area contributed by atoms with Gasteiger partial charge in [0.25, 0.3) is 0 Å². The molecule has 1 aromatic rings. The van der Waals surface area contributed by atoms with Gasteiger partial charge in [0, 0.05) is 6.54 Å². The molecule has 0 atom stereocenters. The van der Waals surface area contributed by atoms with E-state index in [0.717, 1.165) is 31.7 Å². The Labute approximate surface area is 108 Å². The van der Waals surface area contributed by atoms with Crippen LogP contribution in [0.1, 0.15) is 25.3 Å². The van der Waals surface area contributed by atoms with Crippen molar-refractivity contribution in [3.8, 4) is 5.75 Å². The summed E-state index contributed by atoms with van der Waals surface area (Å²) in [4.78, 5) is 0. The number of ether oxygens (including phenoxy) is 3. The standard InChI is InChI=1S/C14H21NO3/c1-11-17-14(18-11)4-3-9-15-10-12-5-7-13(16-2)8-6-12/h5-8,11,14-15H,3-4,9-10H2,1-2H3. The minimum Gasteiger partial charge on any atom is -0.497 e. The van der Waals surface area contributed by atoms with Crippen molar-refractivity contribution in [3.63, 3.8) is 0 Å². The van der Waals surface area contributed by atoms with Gasteiger partial charge in [-0.2, -0.15) is 0 Å². The molecule has 0 bridgehead atoms. The molecule has 0 spiro atoms. The van der Waals surface area contributed by atoms with Crippen molar-refractivity contribution in [2.45, 2.75) is 38.9 Å². The van der Waals surface area contributed by atoms with E-state index in [1.165, 1.54) is 5.56 Å². The first-order chi connectivity index (χ1) is 8.78. The molecule has 0 unspecified atom stereocenters. The van der Waals surface area contributed by atoms with Crippen LogP contribution in [0.25, 0.3) is 0 Å². The predicted molar refractivity (Wildman–Crippen MR) is 69.4 cm³/mol. The van der Waals surface area contributed by atoms with Gasteiger partial charge in [0.2, 0.25) is 0 Å². The Morgan fingerprint density at radius 3 is 2.56 bits per heavy atom. The van der Waals surface area contributed by atoms with Gasteiger partial charge in [-0.05, 0) is 44.0 Å². The molecular weight excluding hydrogens is 230 g/mol. The zero-order valence-corrected chi connectivity index (χ0v) is 11.0. The third kappa shape index (κ3) is 3.98. The molecule has 0 aliphatic carbocycles. The van der Waals surface area contributed by atoms with Crippen LogP contribution in [0.5, 0.6) is 5.75 Å². The molecular formula is C14H21NO3. The lowest BCUT2D eigenvalue weighted by Gasteiger charge is -2.33. The second-order valence-corrected chi connectivity index (χ2v) is 4.44. The largest absolute Gasteiger partial charge is 0.497 e. The molecule has 0 saturated carbocycles. The van der Waals surface area contributed by atoms with Gasteiger partial charge >= 0.3 is 0 Å². The monoisotopic (exact) mass is 251 g/mol. The SMILES string of the molecule is COc1ccc(CNCCCC2OC(C)O2)cc1. The van der Waals surface area contributed by atoms with Gasteiger partial charge in [-0.15, -0.1) is 0 Å². The lowest BCUT2D eigenvalue weighted by Crippen LogP contribution is -2.38. The molecule has 1 saturated heterocycles. The van der Waals surface area contributed by atoms with Crippen molar-refractivity contribution in [2.75, 3.05) is 13.7 Å². The third-order valence-electron chi connectivity index (χ3n) is 2.97. The first kappa shape index (κ1) is 13.3. The van der Waals surface area contributed by atoms with Gasteiger partial charge in [0.1, 0.15) is 5.75 Å². The molecule has 2 rings (SSSR count). The molecule has 1 N–H and O–H groups in total. The molecule has 1 fully saturated rings. The molecule has 0 amide bonds. The Hall–Kier alpha value is -1.10. The highest BCUT2D eigenvalue weighted by atomic mass is 16.9. The molecule has 4 nitrogen and oxygen atoms in total. The minimum atomic E-state index is -0.0118. The molecule has 1 aromatic carbocycles. The van der Waals surface area contributed by atoms with Crippen molar-refractivity contribution < 1.29 is 14.2 Å². The van der Waals surface area contributed by atoms with Gasteiger partial charge in [-0.3, -0.25) is 0 Å². The summed E-state index contributed by atoms with van der Waals surface area (Å²) in [6.07, 6.45) is 2.03. The van der Waals surface area contributed by atoms with Crippen molar-refractivity contribution in [3.05, 3.63) is 29.8 Å². The second kappa shape index (κ2) is 6.73. The normalized spacial score (nSPS) is 22.6. The maximum Gasteiger partial charge on any atom is 0.163 e. The maximum absolute atomic E-state index is 5.37. The molecule has 0 radical (unpaired) electrons. The Morgan fingerprint density at radius 1 is 1.22 bits per heavy atom. The molecule has 18 heavy (non-hydrogen) atoms. The lowest BCUT2D eigenvalue weighted by atomic mass is 10.2. The first-order valence-electron chi connectivity index (χ1n) is 6.42. The molecule has 4 heteroatoms. The molecule has 0 aromatic heterocycles. The highest BCUT2D eigenvalue weighted by Crippen LogP contribution is 2.19. The summed E-state index contributed by atoms with van der Waals surface area (Å²) in [5.74, 6) is 0.896. The summed E-state index contributed by atoms with van der Waals surface area (Å²) in [7, 11) is 1.68. The van der Waals surface area contributed by atoms with Crippen LogP contribution in [0.3, 0.4) is 0 Å². The number of rotatable bonds is 7. The van der Waals surface area contributed by atoms with Crippen molar-refractivity contribution >= 4 is 0 Å². The molecule has 1 aliphatic heterocycles. The quantitative estimate of drug-likeness (QED) is 0.755. The van der Waals surface area contributed by atoms with Crippen molar-refractivity contribution in [1.82, 2.24) is 5.32 Å². The van der Waals surface area contributed by atoms with Gasteiger partial charge < -0.3 is 19.5 Å². The van der Waals surface area contributed by atoms with Crippen LogP contribution in [-0.2, 0) is 16.0 Å². The summed E-state index contributed by atoms with van der Waals surface area (Å²) >= 11 is 0. The summed E-state index contributed by atoms with van der Waals surface area (Å²) in [6, 6.07) is 8.11. The summed E-state index contributed by atoms with van der Waals surface area (Å²) in [6.45, 7) is 3.77. The number of methoxy groups -OCH3 is 1. The summed E-state index contributed by atoms with van der Waals surface area (Å²) < 4.78 is 15.8. The molecule has 1 heterocycles. The molecule has 100 valence electrons. The smallest absolute Gasteiger partial charge is 0.163 e. The van der Waals surface area contributed by atoms with Gasteiger partial charge in [-0.25, -0.2) is 0 Å². The van der Waals surface area contributed by atoms with Crippen LogP contribution < -0.4 is 10.1 Å².